The summed E-state index contributed by atoms with van der Waals surface area (Å²) in [5.74, 6) is 0.295. The number of aryl methyl sites for hydroxylation is 1. The van der Waals surface area contributed by atoms with E-state index < -0.39 is 0 Å². The zero-order chi connectivity index (χ0) is 11.8. The summed E-state index contributed by atoms with van der Waals surface area (Å²) in [5, 5.41) is 5.24. The van der Waals surface area contributed by atoms with Crippen LogP contribution in [0.3, 0.4) is 0 Å². The van der Waals surface area contributed by atoms with E-state index in [9.17, 15) is 4.79 Å². The number of hydrogen-bond acceptors (Lipinski definition) is 3. The molecule has 1 fully saturated rings. The Morgan fingerprint density at radius 3 is 3.06 bits per heavy atom. The van der Waals surface area contributed by atoms with Gasteiger partial charge in [-0.05, 0) is 49.1 Å². The monoisotopic (exact) mass is 250 g/mol. The molecule has 3 nitrogen and oxygen atoms in total. The molecule has 2 aliphatic rings. The fraction of sp³-hybridized carbons (Fsp3) is 0.615. The van der Waals surface area contributed by atoms with E-state index in [2.05, 4.69) is 16.8 Å². The molecule has 0 aliphatic heterocycles. The number of hydrogen-bond donors (Lipinski definition) is 2. The number of carbonyl (C=O) groups excluding carboxylic acids is 1. The van der Waals surface area contributed by atoms with E-state index in [0.29, 0.717) is 12.1 Å². The van der Waals surface area contributed by atoms with Gasteiger partial charge in [0.2, 0.25) is 5.91 Å². The Morgan fingerprint density at radius 1 is 1.47 bits per heavy atom. The number of nitrogens with two attached hydrogens (primary N) is 1. The van der Waals surface area contributed by atoms with Gasteiger partial charge in [-0.2, -0.15) is 0 Å². The van der Waals surface area contributed by atoms with E-state index in [1.54, 1.807) is 11.3 Å². The van der Waals surface area contributed by atoms with Gasteiger partial charge in [-0.1, -0.05) is 0 Å². The lowest BCUT2D eigenvalue weighted by molar-refractivity contribution is -0.124. The SMILES string of the molecule is NC1CC(NC(=O)C2CCCc3sccc32)C1. The van der Waals surface area contributed by atoms with E-state index in [1.807, 2.05) is 0 Å². The van der Waals surface area contributed by atoms with E-state index in [1.165, 1.54) is 10.4 Å². The standard InChI is InChI=1S/C13H18N2OS/c14-8-6-9(7-8)15-13(16)11-2-1-3-12-10(11)4-5-17-12/h4-5,8-9,11H,1-3,6-7,14H2,(H,15,16). The van der Waals surface area contributed by atoms with Gasteiger partial charge in [-0.3, -0.25) is 4.79 Å². The Balaban J connectivity index is 1.67. The van der Waals surface area contributed by atoms with Crippen molar-refractivity contribution in [3.63, 3.8) is 0 Å². The number of fused-ring (bicyclic) bond motifs is 1. The summed E-state index contributed by atoms with van der Waals surface area (Å²) >= 11 is 1.79. The summed E-state index contributed by atoms with van der Waals surface area (Å²) in [5.41, 5.74) is 7.00. The molecule has 3 rings (SSSR count). The van der Waals surface area contributed by atoms with Crippen molar-refractivity contribution >= 4 is 17.2 Å². The summed E-state index contributed by atoms with van der Waals surface area (Å²) in [7, 11) is 0. The molecule has 1 heterocycles. The lowest BCUT2D eigenvalue weighted by atomic mass is 9.84. The highest BCUT2D eigenvalue weighted by molar-refractivity contribution is 7.10. The summed E-state index contributed by atoms with van der Waals surface area (Å²) in [4.78, 5) is 13.6. The minimum Gasteiger partial charge on any atom is -0.353 e. The van der Waals surface area contributed by atoms with Crippen LogP contribution >= 0.6 is 11.3 Å². The fourth-order valence-corrected chi connectivity index (χ4v) is 3.83. The van der Waals surface area contributed by atoms with Gasteiger partial charge in [-0.15, -0.1) is 11.3 Å². The zero-order valence-electron chi connectivity index (χ0n) is 9.82. The molecule has 4 heteroatoms. The van der Waals surface area contributed by atoms with Crippen LogP contribution in [0.1, 0.15) is 42.0 Å². The normalized spacial score (nSPS) is 31.5. The highest BCUT2D eigenvalue weighted by Gasteiger charge is 2.32. The molecule has 1 aromatic heterocycles. The van der Waals surface area contributed by atoms with Crippen LogP contribution in [0.15, 0.2) is 11.4 Å². The first-order valence-corrected chi connectivity index (χ1v) is 7.24. The number of thiophene rings is 1. The molecule has 3 N–H and O–H groups in total. The second-order valence-corrected chi connectivity index (χ2v) is 6.18. The molecular formula is C13H18N2OS. The lowest BCUT2D eigenvalue weighted by Gasteiger charge is -2.34. The van der Waals surface area contributed by atoms with Crippen LogP contribution in [0.4, 0.5) is 0 Å². The van der Waals surface area contributed by atoms with Gasteiger partial charge in [0, 0.05) is 17.0 Å². The maximum absolute atomic E-state index is 12.2. The first-order chi connectivity index (χ1) is 8.24. The molecule has 92 valence electrons. The minimum absolute atomic E-state index is 0.0850. The lowest BCUT2D eigenvalue weighted by Crippen LogP contribution is -2.51. The van der Waals surface area contributed by atoms with Crippen molar-refractivity contribution in [2.24, 2.45) is 5.73 Å². The molecule has 1 unspecified atom stereocenters. The Bertz CT molecular complexity index is 423. The van der Waals surface area contributed by atoms with Crippen molar-refractivity contribution < 1.29 is 4.79 Å². The third kappa shape index (κ3) is 2.11. The molecule has 2 aliphatic carbocycles. The maximum atomic E-state index is 12.2. The van der Waals surface area contributed by atoms with Gasteiger partial charge in [0.05, 0.1) is 5.92 Å². The number of amides is 1. The first-order valence-electron chi connectivity index (χ1n) is 6.36. The molecule has 0 aromatic carbocycles. The molecule has 0 saturated heterocycles. The second-order valence-electron chi connectivity index (χ2n) is 5.18. The van der Waals surface area contributed by atoms with Crippen LogP contribution in [0.2, 0.25) is 0 Å². The maximum Gasteiger partial charge on any atom is 0.227 e. The van der Waals surface area contributed by atoms with Crippen molar-refractivity contribution in [3.05, 3.63) is 21.9 Å². The van der Waals surface area contributed by atoms with Gasteiger partial charge in [0.15, 0.2) is 0 Å². The fourth-order valence-electron chi connectivity index (χ4n) is 2.84. The zero-order valence-corrected chi connectivity index (χ0v) is 10.6. The average molecular weight is 250 g/mol. The Morgan fingerprint density at radius 2 is 2.29 bits per heavy atom. The summed E-state index contributed by atoms with van der Waals surface area (Å²) in [6.07, 6.45) is 5.15. The molecule has 1 atom stereocenters. The molecule has 1 saturated carbocycles. The van der Waals surface area contributed by atoms with Crippen molar-refractivity contribution in [1.82, 2.24) is 5.32 Å². The van der Waals surface area contributed by atoms with E-state index in [0.717, 1.165) is 32.1 Å². The molecule has 0 spiro atoms. The largest absolute Gasteiger partial charge is 0.353 e. The average Bonchev–Trinajstić information content (AvgIpc) is 2.74. The van der Waals surface area contributed by atoms with Crippen LogP contribution in [-0.2, 0) is 11.2 Å². The molecule has 1 amide bonds. The smallest absolute Gasteiger partial charge is 0.227 e. The highest BCUT2D eigenvalue weighted by atomic mass is 32.1. The third-order valence-electron chi connectivity index (χ3n) is 3.89. The van der Waals surface area contributed by atoms with Crippen molar-refractivity contribution in [2.75, 3.05) is 0 Å². The molecule has 0 bridgehead atoms. The third-order valence-corrected chi connectivity index (χ3v) is 4.89. The van der Waals surface area contributed by atoms with Crippen molar-refractivity contribution in [3.8, 4) is 0 Å². The van der Waals surface area contributed by atoms with Gasteiger partial charge in [0.1, 0.15) is 0 Å². The van der Waals surface area contributed by atoms with E-state index in [-0.39, 0.29) is 11.8 Å². The summed E-state index contributed by atoms with van der Waals surface area (Å²) in [6.45, 7) is 0. The van der Waals surface area contributed by atoms with Gasteiger partial charge in [0.25, 0.3) is 0 Å². The molecule has 17 heavy (non-hydrogen) atoms. The highest BCUT2D eigenvalue weighted by Crippen LogP contribution is 2.35. The topological polar surface area (TPSA) is 55.1 Å². The van der Waals surface area contributed by atoms with Crippen LogP contribution < -0.4 is 11.1 Å². The predicted octanol–water partition coefficient (Wildman–Crippen LogP) is 1.77. The number of nitrogens with one attached hydrogen (secondary N) is 1. The number of carbonyl (C=O) groups is 1. The van der Waals surface area contributed by atoms with Gasteiger partial charge >= 0.3 is 0 Å². The van der Waals surface area contributed by atoms with Crippen molar-refractivity contribution in [1.29, 1.82) is 0 Å². The number of rotatable bonds is 2. The van der Waals surface area contributed by atoms with Gasteiger partial charge < -0.3 is 11.1 Å². The molecule has 1 aromatic rings. The Labute approximate surface area is 105 Å². The summed E-state index contributed by atoms with van der Waals surface area (Å²) < 4.78 is 0. The minimum atomic E-state index is 0.0850. The van der Waals surface area contributed by atoms with Crippen LogP contribution in [0.25, 0.3) is 0 Å². The quantitative estimate of drug-likeness (QED) is 0.840. The Hall–Kier alpha value is -0.870. The second kappa shape index (κ2) is 4.42. The van der Waals surface area contributed by atoms with Crippen molar-refractivity contribution in [2.45, 2.75) is 50.1 Å². The predicted molar refractivity (Wildman–Crippen MR) is 69.1 cm³/mol. The van der Waals surface area contributed by atoms with Crippen LogP contribution in [0.5, 0.6) is 0 Å². The molecule has 0 radical (unpaired) electrons. The van der Waals surface area contributed by atoms with E-state index in [4.69, 9.17) is 5.73 Å². The molecular weight excluding hydrogens is 232 g/mol. The van der Waals surface area contributed by atoms with E-state index >= 15 is 0 Å². The van der Waals surface area contributed by atoms with Crippen LogP contribution in [0, 0.1) is 0 Å². The first kappa shape index (κ1) is 11.2. The Kier molecular flexibility index (Phi) is 2.92. The van der Waals surface area contributed by atoms with Gasteiger partial charge in [-0.25, -0.2) is 0 Å². The summed E-state index contributed by atoms with van der Waals surface area (Å²) in [6, 6.07) is 2.74. The van der Waals surface area contributed by atoms with Crippen LogP contribution in [-0.4, -0.2) is 18.0 Å².